The van der Waals surface area contributed by atoms with Gasteiger partial charge in [-0.1, -0.05) is 0 Å². The van der Waals surface area contributed by atoms with Crippen molar-refractivity contribution in [2.75, 3.05) is 68.1 Å². The molecule has 1 atom stereocenters. The molecule has 1 aromatic carbocycles. The van der Waals surface area contributed by atoms with Crippen LogP contribution in [0.15, 0.2) is 30.6 Å². The highest BCUT2D eigenvalue weighted by atomic mass is 19.1. The van der Waals surface area contributed by atoms with Gasteiger partial charge in [0.05, 0.1) is 53.6 Å². The fourth-order valence-electron chi connectivity index (χ4n) is 5.09. The third-order valence-corrected chi connectivity index (χ3v) is 6.99. The van der Waals surface area contributed by atoms with E-state index in [9.17, 15) is 9.18 Å². The molecule has 2 aliphatic rings. The summed E-state index contributed by atoms with van der Waals surface area (Å²) in [5.74, 6) is -0.748. The van der Waals surface area contributed by atoms with Crippen LogP contribution in [-0.2, 0) is 4.74 Å². The number of hydrogen-bond acceptors (Lipinski definition) is 7. The molecule has 11 heteroatoms. The Morgan fingerprint density at radius 1 is 1.08 bits per heavy atom. The number of morpholine rings is 1. The molecule has 1 unspecified atom stereocenters. The van der Waals surface area contributed by atoms with E-state index < -0.39 is 11.6 Å². The van der Waals surface area contributed by atoms with Gasteiger partial charge in [-0.3, -0.25) is 4.98 Å². The van der Waals surface area contributed by atoms with Crippen molar-refractivity contribution in [3.05, 3.63) is 47.8 Å². The maximum absolute atomic E-state index is 15.2. The molecule has 196 valence electrons. The number of ether oxygens (including phenoxy) is 1. The van der Waals surface area contributed by atoms with Crippen LogP contribution in [0.3, 0.4) is 0 Å². The van der Waals surface area contributed by atoms with Crippen molar-refractivity contribution in [1.29, 1.82) is 0 Å². The summed E-state index contributed by atoms with van der Waals surface area (Å²) in [5, 5.41) is 6.25. The number of halogens is 2. The Morgan fingerprint density at radius 3 is 2.59 bits per heavy atom. The Labute approximate surface area is 214 Å². The van der Waals surface area contributed by atoms with Crippen LogP contribution in [-0.4, -0.2) is 79.9 Å². The number of nitrogens with zero attached hydrogens (tertiary/aromatic N) is 5. The van der Waals surface area contributed by atoms with Gasteiger partial charge in [0.25, 0.3) is 0 Å². The Bertz CT molecular complexity index is 1320. The first-order valence-corrected chi connectivity index (χ1v) is 12.4. The molecule has 2 aromatic heterocycles. The van der Waals surface area contributed by atoms with Gasteiger partial charge in [0.15, 0.2) is 0 Å². The molecule has 0 radical (unpaired) electrons. The first-order valence-electron chi connectivity index (χ1n) is 12.4. The Morgan fingerprint density at radius 2 is 1.86 bits per heavy atom. The van der Waals surface area contributed by atoms with E-state index in [1.54, 1.807) is 24.3 Å². The lowest BCUT2D eigenvalue weighted by molar-refractivity contribution is 0.122. The second kappa shape index (κ2) is 10.3. The molecular formula is C26H31F2N7O2. The van der Waals surface area contributed by atoms with Crippen molar-refractivity contribution >= 4 is 39.8 Å². The van der Waals surface area contributed by atoms with Crippen LogP contribution in [0, 0.1) is 18.6 Å². The number of nitrogens with one attached hydrogen (secondary N) is 2. The van der Waals surface area contributed by atoms with Crippen LogP contribution >= 0.6 is 0 Å². The van der Waals surface area contributed by atoms with Gasteiger partial charge in [-0.25, -0.2) is 18.6 Å². The normalized spacial score (nSPS) is 18.3. The molecule has 2 amide bonds. The Kier molecular flexibility index (Phi) is 6.96. The lowest BCUT2D eigenvalue weighted by Crippen LogP contribution is -2.56. The van der Waals surface area contributed by atoms with E-state index in [1.165, 1.54) is 6.07 Å². The molecule has 3 aromatic rings. The Balaban J connectivity index is 1.54. The standard InChI is InChI=1S/C26H31F2N7O2/c1-16-15-34(4-5-35(16)26(36)29-3)25-17(2)24(23-21(28)10-18(27)11-22(23)32-25)31-19-12-20(14-30-13-19)33-6-8-37-9-7-33/h10-14,16H,4-9,15H2,1-3H3,(H,29,36)(H,31,32). The summed E-state index contributed by atoms with van der Waals surface area (Å²) in [6, 6.07) is 3.89. The van der Waals surface area contributed by atoms with Crippen LogP contribution in [0.25, 0.3) is 10.9 Å². The average Bonchev–Trinajstić information content (AvgIpc) is 2.90. The third kappa shape index (κ3) is 4.95. The smallest absolute Gasteiger partial charge is 0.317 e. The fourth-order valence-corrected chi connectivity index (χ4v) is 5.09. The number of anilines is 4. The van der Waals surface area contributed by atoms with Crippen LogP contribution < -0.4 is 20.4 Å². The number of fused-ring (bicyclic) bond motifs is 1. The van der Waals surface area contributed by atoms with E-state index in [2.05, 4.69) is 30.4 Å². The molecule has 2 saturated heterocycles. The number of rotatable bonds is 4. The molecule has 9 nitrogen and oxygen atoms in total. The second-order valence-electron chi connectivity index (χ2n) is 9.42. The monoisotopic (exact) mass is 511 g/mol. The highest BCUT2D eigenvalue weighted by Crippen LogP contribution is 2.37. The number of benzene rings is 1. The van der Waals surface area contributed by atoms with Crippen LogP contribution in [0.5, 0.6) is 0 Å². The van der Waals surface area contributed by atoms with E-state index in [4.69, 9.17) is 4.74 Å². The number of urea groups is 1. The van der Waals surface area contributed by atoms with Gasteiger partial charge in [0.2, 0.25) is 0 Å². The van der Waals surface area contributed by atoms with E-state index in [0.717, 1.165) is 30.4 Å². The predicted molar refractivity (Wildman–Crippen MR) is 140 cm³/mol. The molecule has 2 aliphatic heterocycles. The average molecular weight is 512 g/mol. The molecule has 0 saturated carbocycles. The minimum atomic E-state index is -0.688. The number of amides is 2. The van der Waals surface area contributed by atoms with Crippen molar-refractivity contribution in [2.45, 2.75) is 19.9 Å². The molecule has 4 heterocycles. The van der Waals surface area contributed by atoms with Crippen LogP contribution in [0.4, 0.5) is 36.5 Å². The van der Waals surface area contributed by atoms with E-state index >= 15 is 4.39 Å². The maximum atomic E-state index is 15.2. The first-order chi connectivity index (χ1) is 17.9. The lowest BCUT2D eigenvalue weighted by atomic mass is 10.1. The van der Waals surface area contributed by atoms with Gasteiger partial charge in [-0.05, 0) is 19.9 Å². The predicted octanol–water partition coefficient (Wildman–Crippen LogP) is 3.65. The molecule has 0 spiro atoms. The largest absolute Gasteiger partial charge is 0.378 e. The number of carbonyl (C=O) groups excluding carboxylic acids is 1. The summed E-state index contributed by atoms with van der Waals surface area (Å²) in [4.78, 5) is 27.3. The van der Waals surface area contributed by atoms with Crippen molar-refractivity contribution < 1.29 is 18.3 Å². The SMILES string of the molecule is CNC(=O)N1CCN(c2nc3cc(F)cc(F)c3c(Nc3cncc(N4CCOCC4)c3)c2C)CC1C. The van der Waals surface area contributed by atoms with Crippen molar-refractivity contribution in [1.82, 2.24) is 20.2 Å². The maximum Gasteiger partial charge on any atom is 0.317 e. The summed E-state index contributed by atoms with van der Waals surface area (Å²) in [5.41, 5.74) is 3.09. The summed E-state index contributed by atoms with van der Waals surface area (Å²) in [7, 11) is 1.61. The quantitative estimate of drug-likeness (QED) is 0.553. The Hall–Kier alpha value is -3.73. The number of carbonyl (C=O) groups is 1. The highest BCUT2D eigenvalue weighted by molar-refractivity contribution is 5.98. The minimum Gasteiger partial charge on any atom is -0.378 e. The number of hydrogen-bond donors (Lipinski definition) is 2. The number of aromatic nitrogens is 2. The zero-order valence-electron chi connectivity index (χ0n) is 21.2. The van der Waals surface area contributed by atoms with Crippen molar-refractivity contribution in [3.8, 4) is 0 Å². The number of pyridine rings is 2. The molecule has 0 aliphatic carbocycles. The first kappa shape index (κ1) is 24.9. The summed E-state index contributed by atoms with van der Waals surface area (Å²) in [6.45, 7) is 8.27. The van der Waals surface area contributed by atoms with Gasteiger partial charge in [-0.2, -0.15) is 0 Å². The van der Waals surface area contributed by atoms with Gasteiger partial charge in [0.1, 0.15) is 17.5 Å². The van der Waals surface area contributed by atoms with Gasteiger partial charge < -0.3 is 30.1 Å². The lowest BCUT2D eigenvalue weighted by Gasteiger charge is -2.40. The number of piperazine rings is 1. The van der Waals surface area contributed by atoms with E-state index in [-0.39, 0.29) is 23.0 Å². The summed E-state index contributed by atoms with van der Waals surface area (Å²) < 4.78 is 34.8. The van der Waals surface area contributed by atoms with Gasteiger partial charge in [0, 0.05) is 63.5 Å². The molecule has 5 rings (SSSR count). The molecule has 0 bridgehead atoms. The molecule has 2 N–H and O–H groups in total. The minimum absolute atomic E-state index is 0.0688. The van der Waals surface area contributed by atoms with Crippen LogP contribution in [0.1, 0.15) is 12.5 Å². The zero-order chi connectivity index (χ0) is 26.1. The van der Waals surface area contributed by atoms with E-state index in [0.29, 0.717) is 50.0 Å². The zero-order valence-corrected chi connectivity index (χ0v) is 21.2. The molecular weight excluding hydrogens is 480 g/mol. The molecule has 37 heavy (non-hydrogen) atoms. The van der Waals surface area contributed by atoms with Crippen molar-refractivity contribution in [2.24, 2.45) is 0 Å². The fraction of sp³-hybridized carbons (Fsp3) is 0.423. The summed E-state index contributed by atoms with van der Waals surface area (Å²) >= 11 is 0. The molecule has 2 fully saturated rings. The highest BCUT2D eigenvalue weighted by Gasteiger charge is 2.29. The van der Waals surface area contributed by atoms with Gasteiger partial charge >= 0.3 is 6.03 Å². The van der Waals surface area contributed by atoms with Gasteiger partial charge in [-0.15, -0.1) is 0 Å². The van der Waals surface area contributed by atoms with E-state index in [1.807, 2.05) is 19.9 Å². The van der Waals surface area contributed by atoms with Crippen molar-refractivity contribution in [3.63, 3.8) is 0 Å². The second-order valence-corrected chi connectivity index (χ2v) is 9.42. The third-order valence-electron chi connectivity index (χ3n) is 6.99. The summed E-state index contributed by atoms with van der Waals surface area (Å²) in [6.07, 6.45) is 3.48. The van der Waals surface area contributed by atoms with Crippen LogP contribution in [0.2, 0.25) is 0 Å². The topological polar surface area (TPSA) is 85.9 Å².